The summed E-state index contributed by atoms with van der Waals surface area (Å²) in [5.41, 5.74) is 0. The fraction of sp³-hybridized carbons (Fsp3) is 1.00. The van der Waals surface area contributed by atoms with Crippen molar-refractivity contribution in [3.8, 4) is 0 Å². The van der Waals surface area contributed by atoms with E-state index >= 15 is 0 Å². The molecule has 10 heavy (non-hydrogen) atoms. The molecule has 0 aromatic carbocycles. The van der Waals surface area contributed by atoms with Crippen molar-refractivity contribution in [3.63, 3.8) is 0 Å². The average Bonchev–Trinajstić information content (AvgIpc) is 2.00. The van der Waals surface area contributed by atoms with Crippen LogP contribution in [0.15, 0.2) is 0 Å². The lowest BCUT2D eigenvalue weighted by atomic mass is 10.4. The maximum atomic E-state index is 5.50. The van der Waals surface area contributed by atoms with Crippen molar-refractivity contribution in [2.45, 2.75) is 13.8 Å². The van der Waals surface area contributed by atoms with Crippen molar-refractivity contribution in [1.82, 2.24) is 9.91 Å². The summed E-state index contributed by atoms with van der Waals surface area (Å²) in [4.78, 5) is 2.28. The van der Waals surface area contributed by atoms with Gasteiger partial charge < -0.3 is 4.90 Å². The van der Waals surface area contributed by atoms with Crippen molar-refractivity contribution >= 4 is 0 Å². The SMILES string of the molecule is CC.CN1CCN(N)CC1. The van der Waals surface area contributed by atoms with Crippen LogP contribution in [0.25, 0.3) is 0 Å². The smallest absolute Gasteiger partial charge is 0.0256 e. The van der Waals surface area contributed by atoms with Gasteiger partial charge in [0, 0.05) is 26.2 Å². The van der Waals surface area contributed by atoms with E-state index in [9.17, 15) is 0 Å². The molecule has 0 amide bonds. The zero-order valence-electron chi connectivity index (χ0n) is 7.30. The molecule has 0 aliphatic carbocycles. The lowest BCUT2D eigenvalue weighted by molar-refractivity contribution is 0.156. The van der Waals surface area contributed by atoms with Gasteiger partial charge in [-0.1, -0.05) is 13.8 Å². The highest BCUT2D eigenvalue weighted by Gasteiger charge is 2.08. The molecule has 2 N–H and O–H groups in total. The van der Waals surface area contributed by atoms with Crippen LogP contribution in [-0.2, 0) is 0 Å². The van der Waals surface area contributed by atoms with Crippen LogP contribution >= 0.6 is 0 Å². The zero-order valence-corrected chi connectivity index (χ0v) is 7.30. The van der Waals surface area contributed by atoms with Crippen molar-refractivity contribution in [3.05, 3.63) is 0 Å². The molecule has 0 aromatic rings. The number of piperazine rings is 1. The molecule has 1 aliphatic heterocycles. The molecular formula is C7H19N3. The number of hydrogen-bond acceptors (Lipinski definition) is 3. The molecule has 1 fully saturated rings. The first-order valence-corrected chi connectivity index (χ1v) is 3.97. The van der Waals surface area contributed by atoms with E-state index < -0.39 is 0 Å². The number of rotatable bonds is 0. The molecule has 3 heteroatoms. The topological polar surface area (TPSA) is 32.5 Å². The first-order valence-electron chi connectivity index (χ1n) is 3.97. The third kappa shape index (κ3) is 3.82. The predicted octanol–water partition coefficient (Wildman–Crippen LogP) is 0.134. The van der Waals surface area contributed by atoms with Gasteiger partial charge in [0.15, 0.2) is 0 Å². The van der Waals surface area contributed by atoms with Crippen LogP contribution in [0, 0.1) is 0 Å². The molecule has 0 aromatic heterocycles. The van der Waals surface area contributed by atoms with Crippen LogP contribution < -0.4 is 5.84 Å². The van der Waals surface area contributed by atoms with Gasteiger partial charge in [-0.25, -0.2) is 5.01 Å². The second-order valence-corrected chi connectivity index (χ2v) is 2.34. The van der Waals surface area contributed by atoms with E-state index in [0.29, 0.717) is 0 Å². The molecule has 0 bridgehead atoms. The number of likely N-dealkylation sites (N-methyl/N-ethyl adjacent to an activating group) is 1. The molecule has 0 atom stereocenters. The Morgan fingerprint density at radius 1 is 1.00 bits per heavy atom. The number of nitrogens with zero attached hydrogens (tertiary/aromatic N) is 2. The summed E-state index contributed by atoms with van der Waals surface area (Å²) in [5, 5.41) is 1.86. The van der Waals surface area contributed by atoms with E-state index in [-0.39, 0.29) is 0 Å². The highest BCUT2D eigenvalue weighted by Crippen LogP contribution is 1.91. The minimum atomic E-state index is 1.01. The summed E-state index contributed by atoms with van der Waals surface area (Å²) in [5.74, 6) is 5.50. The van der Waals surface area contributed by atoms with Gasteiger partial charge in [0.1, 0.15) is 0 Å². The maximum Gasteiger partial charge on any atom is 0.0256 e. The van der Waals surface area contributed by atoms with Gasteiger partial charge in [0.05, 0.1) is 0 Å². The molecule has 1 rings (SSSR count). The van der Waals surface area contributed by atoms with Crippen LogP contribution in [-0.4, -0.2) is 43.1 Å². The average molecular weight is 145 g/mol. The van der Waals surface area contributed by atoms with Crippen LogP contribution in [0.4, 0.5) is 0 Å². The Balaban J connectivity index is 0.000000371. The Kier molecular flexibility index (Phi) is 5.58. The van der Waals surface area contributed by atoms with Gasteiger partial charge >= 0.3 is 0 Å². The summed E-state index contributed by atoms with van der Waals surface area (Å²) in [6, 6.07) is 0. The molecular weight excluding hydrogens is 126 g/mol. The van der Waals surface area contributed by atoms with E-state index in [2.05, 4.69) is 11.9 Å². The van der Waals surface area contributed by atoms with Gasteiger partial charge in [0.25, 0.3) is 0 Å². The van der Waals surface area contributed by atoms with Crippen molar-refractivity contribution in [1.29, 1.82) is 0 Å². The third-order valence-electron chi connectivity index (χ3n) is 1.54. The Morgan fingerprint density at radius 3 is 1.70 bits per heavy atom. The lowest BCUT2D eigenvalue weighted by Crippen LogP contribution is -2.47. The van der Waals surface area contributed by atoms with Crippen LogP contribution in [0.5, 0.6) is 0 Å². The zero-order chi connectivity index (χ0) is 7.98. The summed E-state index contributed by atoms with van der Waals surface area (Å²) < 4.78 is 0. The molecule has 1 aliphatic rings. The molecule has 1 heterocycles. The second-order valence-electron chi connectivity index (χ2n) is 2.34. The predicted molar refractivity (Wildman–Crippen MR) is 44.6 cm³/mol. The highest BCUT2D eigenvalue weighted by atomic mass is 15.4. The normalized spacial score (nSPS) is 21.6. The standard InChI is InChI=1S/C5H13N3.C2H6/c1-7-2-4-8(6)5-3-7;1-2/h2-6H2,1H3;1-2H3. The molecule has 0 saturated carbocycles. The molecule has 0 spiro atoms. The first-order chi connectivity index (χ1) is 4.79. The van der Waals surface area contributed by atoms with Crippen LogP contribution in [0.1, 0.15) is 13.8 Å². The molecule has 1 saturated heterocycles. The van der Waals surface area contributed by atoms with Gasteiger partial charge in [-0.2, -0.15) is 0 Å². The van der Waals surface area contributed by atoms with E-state index in [1.807, 2.05) is 18.9 Å². The van der Waals surface area contributed by atoms with E-state index in [1.54, 1.807) is 0 Å². The van der Waals surface area contributed by atoms with Crippen molar-refractivity contribution in [2.75, 3.05) is 33.2 Å². The molecule has 0 unspecified atom stereocenters. The van der Waals surface area contributed by atoms with E-state index in [0.717, 1.165) is 26.2 Å². The Labute approximate surface area is 63.8 Å². The molecule has 0 radical (unpaired) electrons. The fourth-order valence-electron chi connectivity index (χ4n) is 0.822. The Morgan fingerprint density at radius 2 is 1.40 bits per heavy atom. The number of hydrazine groups is 1. The van der Waals surface area contributed by atoms with Crippen LogP contribution in [0.2, 0.25) is 0 Å². The minimum absolute atomic E-state index is 1.01. The summed E-state index contributed by atoms with van der Waals surface area (Å²) in [6.45, 7) is 8.24. The Bertz CT molecular complexity index is 57.3. The number of nitrogens with two attached hydrogens (primary N) is 1. The van der Waals surface area contributed by atoms with Crippen LogP contribution in [0.3, 0.4) is 0 Å². The van der Waals surface area contributed by atoms with E-state index in [1.165, 1.54) is 0 Å². The van der Waals surface area contributed by atoms with Crippen molar-refractivity contribution in [2.24, 2.45) is 5.84 Å². The maximum absolute atomic E-state index is 5.50. The van der Waals surface area contributed by atoms with Gasteiger partial charge in [-0.3, -0.25) is 5.84 Å². The summed E-state index contributed by atoms with van der Waals surface area (Å²) in [7, 11) is 2.12. The van der Waals surface area contributed by atoms with Gasteiger partial charge in [-0.15, -0.1) is 0 Å². The van der Waals surface area contributed by atoms with Crippen molar-refractivity contribution < 1.29 is 0 Å². The van der Waals surface area contributed by atoms with E-state index in [4.69, 9.17) is 5.84 Å². The molecule has 62 valence electrons. The number of hydrogen-bond donors (Lipinski definition) is 1. The first kappa shape index (κ1) is 9.88. The summed E-state index contributed by atoms with van der Waals surface area (Å²) >= 11 is 0. The van der Waals surface area contributed by atoms with Gasteiger partial charge in [0.2, 0.25) is 0 Å². The van der Waals surface area contributed by atoms with Gasteiger partial charge in [-0.05, 0) is 7.05 Å². The monoisotopic (exact) mass is 145 g/mol. The fourth-order valence-corrected chi connectivity index (χ4v) is 0.822. The minimum Gasteiger partial charge on any atom is -0.304 e. The Hall–Kier alpha value is -0.120. The summed E-state index contributed by atoms with van der Waals surface area (Å²) in [6.07, 6.45) is 0. The second kappa shape index (κ2) is 5.65. The highest BCUT2D eigenvalue weighted by molar-refractivity contribution is 4.63. The third-order valence-corrected chi connectivity index (χ3v) is 1.54. The lowest BCUT2D eigenvalue weighted by Gasteiger charge is -2.28. The quantitative estimate of drug-likeness (QED) is 0.492. The largest absolute Gasteiger partial charge is 0.304 e. The molecule has 3 nitrogen and oxygen atoms in total.